The predicted octanol–water partition coefficient (Wildman–Crippen LogP) is 5.43. The van der Waals surface area contributed by atoms with E-state index in [0.717, 1.165) is 6.32 Å². The molecule has 0 unspecified atom stereocenters. The third kappa shape index (κ3) is 2.33. The van der Waals surface area contributed by atoms with E-state index in [0.29, 0.717) is 0 Å². The Hall–Kier alpha value is -2.54. The van der Waals surface area contributed by atoms with Crippen molar-refractivity contribution < 1.29 is 0 Å². The number of benzene rings is 4. The second kappa shape index (κ2) is 5.93. The average Bonchev–Trinajstić information content (AvgIpc) is 2.62. The molecule has 0 aliphatic carbocycles. The van der Waals surface area contributed by atoms with Crippen LogP contribution in [0, 0.1) is 0 Å². The molecule has 1 heteroatoms. The lowest BCUT2D eigenvalue weighted by Crippen LogP contribution is -2.16. The first-order valence-electron chi connectivity index (χ1n) is 8.22. The summed E-state index contributed by atoms with van der Waals surface area (Å²) in [5, 5.41) is 5.34. The molecular weight excluding hydrogens is 275 g/mol. The van der Waals surface area contributed by atoms with Crippen molar-refractivity contribution >= 4 is 34.3 Å². The Balaban J connectivity index is 2.22. The molecule has 0 nitrogen and oxygen atoms in total. The van der Waals surface area contributed by atoms with Crippen LogP contribution in [0.5, 0.6) is 0 Å². The van der Waals surface area contributed by atoms with Gasteiger partial charge in [0.15, 0.2) is 7.28 Å². The van der Waals surface area contributed by atoms with Gasteiger partial charge in [-0.05, 0) is 32.7 Å². The van der Waals surface area contributed by atoms with E-state index < -0.39 is 0 Å². The Morgan fingerprint density at radius 1 is 0.609 bits per heavy atom. The van der Waals surface area contributed by atoms with Crippen LogP contribution >= 0.6 is 0 Å². The molecule has 4 rings (SSSR count). The zero-order chi connectivity index (χ0) is 15.6. The highest BCUT2D eigenvalue weighted by Gasteiger charge is 2.14. The normalized spacial score (nSPS) is 11.0. The molecule has 0 bridgehead atoms. The molecule has 0 N–H and O–H groups in total. The first-order chi connectivity index (χ1) is 11.4. The van der Waals surface area contributed by atoms with Gasteiger partial charge in [0.05, 0.1) is 0 Å². The molecule has 1 radical (unpaired) electrons. The minimum absolute atomic E-state index is 1.04. The molecule has 0 aliphatic rings. The highest BCUT2D eigenvalue weighted by atomic mass is 14.1. The van der Waals surface area contributed by atoms with Gasteiger partial charge >= 0.3 is 0 Å². The maximum Gasteiger partial charge on any atom is 0.153 e. The average molecular weight is 293 g/mol. The largest absolute Gasteiger partial charge is 0.153 e. The number of fused-ring (bicyclic) bond motifs is 2. The monoisotopic (exact) mass is 293 g/mol. The lowest BCUT2D eigenvalue weighted by Gasteiger charge is -2.16. The predicted molar refractivity (Wildman–Crippen MR) is 103 cm³/mol. The van der Waals surface area contributed by atoms with E-state index in [1.54, 1.807) is 0 Å². The zero-order valence-corrected chi connectivity index (χ0v) is 13.3. The third-order valence-corrected chi connectivity index (χ3v) is 4.44. The van der Waals surface area contributed by atoms with Crippen LogP contribution in [0.4, 0.5) is 0 Å². The Morgan fingerprint density at radius 2 is 1.09 bits per heavy atom. The summed E-state index contributed by atoms with van der Waals surface area (Å²) in [6.45, 7) is 2.20. The molecule has 109 valence electrons. The minimum Gasteiger partial charge on any atom is -0.0781 e. The van der Waals surface area contributed by atoms with Gasteiger partial charge in [-0.1, -0.05) is 97.6 Å². The first kappa shape index (κ1) is 14.1. The first-order valence-corrected chi connectivity index (χ1v) is 8.22. The van der Waals surface area contributed by atoms with Gasteiger partial charge in [0, 0.05) is 0 Å². The van der Waals surface area contributed by atoms with Gasteiger partial charge in [-0.25, -0.2) is 0 Å². The van der Waals surface area contributed by atoms with E-state index in [2.05, 4.69) is 93.1 Å². The van der Waals surface area contributed by atoms with Crippen molar-refractivity contribution in [2.75, 3.05) is 0 Å². The van der Waals surface area contributed by atoms with Gasteiger partial charge < -0.3 is 0 Å². The number of hydrogen-bond donors (Lipinski definition) is 0. The van der Waals surface area contributed by atoms with E-state index in [1.165, 1.54) is 38.1 Å². The molecule has 0 aromatic heterocycles. The van der Waals surface area contributed by atoms with Crippen LogP contribution in [0.2, 0.25) is 6.32 Å². The van der Waals surface area contributed by atoms with Crippen molar-refractivity contribution in [3.63, 3.8) is 0 Å². The van der Waals surface area contributed by atoms with Crippen LogP contribution in [-0.4, -0.2) is 7.28 Å². The summed E-state index contributed by atoms with van der Waals surface area (Å²) in [4.78, 5) is 0. The second-order valence-corrected chi connectivity index (χ2v) is 5.86. The molecule has 0 aliphatic heterocycles. The Labute approximate surface area is 138 Å². The smallest absolute Gasteiger partial charge is 0.0781 e. The summed E-state index contributed by atoms with van der Waals surface area (Å²) in [5.41, 5.74) is 3.98. The van der Waals surface area contributed by atoms with Gasteiger partial charge in [0.2, 0.25) is 0 Å². The molecule has 0 spiro atoms. The quantitative estimate of drug-likeness (QED) is 0.349. The molecular formula is C22H18B. The number of rotatable bonds is 3. The summed E-state index contributed by atoms with van der Waals surface area (Å²) in [6.07, 6.45) is 1.04. The molecule has 4 aromatic rings. The maximum absolute atomic E-state index is 2.35. The van der Waals surface area contributed by atoms with Crippen LogP contribution in [0.15, 0.2) is 78.9 Å². The molecule has 23 heavy (non-hydrogen) atoms. The van der Waals surface area contributed by atoms with E-state index >= 15 is 0 Å². The van der Waals surface area contributed by atoms with E-state index in [9.17, 15) is 0 Å². The van der Waals surface area contributed by atoms with E-state index in [-0.39, 0.29) is 0 Å². The zero-order valence-electron chi connectivity index (χ0n) is 13.3. The number of hydrogen-bond acceptors (Lipinski definition) is 0. The molecule has 0 heterocycles. The van der Waals surface area contributed by atoms with Crippen molar-refractivity contribution in [3.8, 4) is 11.1 Å². The topological polar surface area (TPSA) is 0 Å². The van der Waals surface area contributed by atoms with Crippen molar-refractivity contribution in [2.24, 2.45) is 0 Å². The Morgan fingerprint density at radius 3 is 1.61 bits per heavy atom. The molecule has 0 atom stereocenters. The summed E-state index contributed by atoms with van der Waals surface area (Å²) < 4.78 is 0. The molecule has 0 fully saturated rings. The minimum atomic E-state index is 1.04. The van der Waals surface area contributed by atoms with Crippen molar-refractivity contribution in [2.45, 2.75) is 13.2 Å². The molecule has 0 saturated heterocycles. The highest BCUT2D eigenvalue weighted by molar-refractivity contribution is 6.61. The fraction of sp³-hybridized carbons (Fsp3) is 0.0909. The highest BCUT2D eigenvalue weighted by Crippen LogP contribution is 2.35. The molecule has 0 amide bonds. The van der Waals surface area contributed by atoms with Crippen LogP contribution in [0.1, 0.15) is 6.92 Å². The summed E-state index contributed by atoms with van der Waals surface area (Å²) >= 11 is 0. The van der Waals surface area contributed by atoms with Gasteiger partial charge in [0.1, 0.15) is 0 Å². The summed E-state index contributed by atoms with van der Waals surface area (Å²) in [7, 11) is 2.35. The SMILES string of the molecule is CC[B]c1c2ccccc2c(-c2ccccc2)c2ccccc12. The Bertz CT molecular complexity index is 914. The maximum atomic E-state index is 2.35. The summed E-state index contributed by atoms with van der Waals surface area (Å²) in [6, 6.07) is 28.3. The molecule has 4 aromatic carbocycles. The van der Waals surface area contributed by atoms with Gasteiger partial charge in [-0.3, -0.25) is 0 Å². The van der Waals surface area contributed by atoms with E-state index in [1.807, 2.05) is 0 Å². The van der Waals surface area contributed by atoms with Crippen molar-refractivity contribution in [1.29, 1.82) is 0 Å². The lowest BCUT2D eigenvalue weighted by molar-refractivity contribution is 1.46. The van der Waals surface area contributed by atoms with Crippen molar-refractivity contribution in [1.82, 2.24) is 0 Å². The fourth-order valence-electron chi connectivity index (χ4n) is 3.50. The van der Waals surface area contributed by atoms with Crippen LogP contribution in [-0.2, 0) is 0 Å². The fourth-order valence-corrected chi connectivity index (χ4v) is 3.50. The van der Waals surface area contributed by atoms with E-state index in [4.69, 9.17) is 0 Å². The van der Waals surface area contributed by atoms with Crippen LogP contribution in [0.3, 0.4) is 0 Å². The van der Waals surface area contributed by atoms with Gasteiger partial charge in [0.25, 0.3) is 0 Å². The van der Waals surface area contributed by atoms with Crippen LogP contribution in [0.25, 0.3) is 32.7 Å². The Kier molecular flexibility index (Phi) is 3.63. The summed E-state index contributed by atoms with van der Waals surface area (Å²) in [5.74, 6) is 0. The van der Waals surface area contributed by atoms with Gasteiger partial charge in [-0.2, -0.15) is 0 Å². The third-order valence-electron chi connectivity index (χ3n) is 4.44. The lowest BCUT2D eigenvalue weighted by atomic mass is 9.64. The van der Waals surface area contributed by atoms with Gasteiger partial charge in [-0.15, -0.1) is 0 Å². The second-order valence-electron chi connectivity index (χ2n) is 5.86. The van der Waals surface area contributed by atoms with Crippen molar-refractivity contribution in [3.05, 3.63) is 78.9 Å². The molecule has 0 saturated carbocycles. The van der Waals surface area contributed by atoms with Crippen LogP contribution < -0.4 is 5.46 Å². The standard InChI is InChI=1S/C22H18B/c1-2-23-22-19-14-8-6-12-17(19)21(16-10-4-3-5-11-16)18-13-7-9-15-20(18)22/h3-15H,2H2,1H3.